The maximum Gasteiger partial charge on any atom is 0.270 e. The number of amides is 4. The van der Waals surface area contributed by atoms with Crippen LogP contribution in [0.2, 0.25) is 0 Å². The normalized spacial score (nSPS) is 19.9. The molecule has 2 heterocycles. The van der Waals surface area contributed by atoms with Crippen LogP contribution in [0.4, 0.5) is 0 Å². The molecule has 35 heavy (non-hydrogen) atoms. The summed E-state index contributed by atoms with van der Waals surface area (Å²) in [6.45, 7) is 5.21. The summed E-state index contributed by atoms with van der Waals surface area (Å²) in [4.78, 5) is 67.3. The van der Waals surface area contributed by atoms with Crippen molar-refractivity contribution >= 4 is 29.4 Å². The molecule has 1 aromatic carbocycles. The van der Waals surface area contributed by atoms with Crippen molar-refractivity contribution in [2.24, 2.45) is 17.8 Å². The summed E-state index contributed by atoms with van der Waals surface area (Å²) < 4.78 is 0. The molecule has 1 aliphatic heterocycles. The zero-order chi connectivity index (χ0) is 25.5. The molecule has 0 unspecified atom stereocenters. The van der Waals surface area contributed by atoms with Crippen LogP contribution in [-0.4, -0.2) is 40.4 Å². The number of hydrogen-bond acceptors (Lipinski definition) is 6. The van der Waals surface area contributed by atoms with Gasteiger partial charge in [0.25, 0.3) is 5.91 Å². The molecule has 3 N–H and O–H groups in total. The first-order valence-corrected chi connectivity index (χ1v) is 11.7. The van der Waals surface area contributed by atoms with Gasteiger partial charge < -0.3 is 10.6 Å². The molecular weight excluding hydrogens is 448 g/mol. The molecule has 5 atom stereocenters. The highest BCUT2D eigenvalue weighted by Gasteiger charge is 2.46. The Labute approximate surface area is 204 Å². The fourth-order valence-electron chi connectivity index (χ4n) is 4.07. The Morgan fingerprint density at radius 3 is 2.26 bits per heavy atom. The lowest BCUT2D eigenvalue weighted by Crippen LogP contribution is -2.50. The Bertz CT molecular complexity index is 1090. The number of aromatic nitrogens is 1. The Morgan fingerprint density at radius 2 is 1.69 bits per heavy atom. The van der Waals surface area contributed by atoms with Gasteiger partial charge in [-0.15, -0.1) is 0 Å². The summed E-state index contributed by atoms with van der Waals surface area (Å²) in [7, 11) is 0. The molecule has 9 heteroatoms. The number of imide groups is 1. The molecule has 2 aromatic rings. The standard InChI is InChI=1S/C26H30N4O5/c1-4-15(2)22(23(32)21-16(3)24(33)30-26(21)35)29-20(31)14-19(17-10-6-5-7-11-17)28-25(34)18-12-8-9-13-27-18/h5-13,15-16,19,21-22H,4,14H2,1-3H3,(H,28,34)(H,29,31)(H,30,33,35)/t15-,16-,19-,21+,22+/m0/s1. The van der Waals surface area contributed by atoms with E-state index in [9.17, 15) is 24.0 Å². The van der Waals surface area contributed by atoms with E-state index in [1.165, 1.54) is 13.1 Å². The minimum atomic E-state index is -1.14. The van der Waals surface area contributed by atoms with Gasteiger partial charge in [0, 0.05) is 6.20 Å². The maximum atomic E-state index is 13.3. The predicted molar refractivity (Wildman–Crippen MR) is 128 cm³/mol. The van der Waals surface area contributed by atoms with Gasteiger partial charge in [0.2, 0.25) is 17.7 Å². The molecule has 1 saturated heterocycles. The topological polar surface area (TPSA) is 134 Å². The van der Waals surface area contributed by atoms with Crippen molar-refractivity contribution in [3.05, 3.63) is 66.0 Å². The van der Waals surface area contributed by atoms with E-state index in [0.717, 1.165) is 0 Å². The maximum absolute atomic E-state index is 13.3. The van der Waals surface area contributed by atoms with Gasteiger partial charge in [0.05, 0.1) is 24.4 Å². The summed E-state index contributed by atoms with van der Waals surface area (Å²) in [6.07, 6.45) is 1.95. The lowest BCUT2D eigenvalue weighted by molar-refractivity contribution is -0.137. The third kappa shape index (κ3) is 6.17. The summed E-state index contributed by atoms with van der Waals surface area (Å²) in [5.41, 5.74) is 0.931. The Kier molecular flexibility index (Phi) is 8.46. The van der Waals surface area contributed by atoms with Crippen LogP contribution in [0.5, 0.6) is 0 Å². The number of carbonyl (C=O) groups excluding carboxylic acids is 5. The first kappa shape index (κ1) is 25.7. The van der Waals surface area contributed by atoms with Crippen molar-refractivity contribution in [2.75, 3.05) is 0 Å². The quantitative estimate of drug-likeness (QED) is 0.353. The molecule has 9 nitrogen and oxygen atoms in total. The van der Waals surface area contributed by atoms with Crippen molar-refractivity contribution in [1.29, 1.82) is 0 Å². The number of nitrogens with one attached hydrogen (secondary N) is 3. The first-order valence-electron chi connectivity index (χ1n) is 11.7. The van der Waals surface area contributed by atoms with E-state index in [1.54, 1.807) is 49.4 Å². The number of rotatable bonds is 10. The van der Waals surface area contributed by atoms with Gasteiger partial charge >= 0.3 is 0 Å². The second-order valence-electron chi connectivity index (χ2n) is 8.81. The van der Waals surface area contributed by atoms with E-state index in [2.05, 4.69) is 20.9 Å². The van der Waals surface area contributed by atoms with Crippen LogP contribution in [0, 0.1) is 17.8 Å². The minimum absolute atomic E-state index is 0.131. The van der Waals surface area contributed by atoms with Crippen LogP contribution in [-0.2, 0) is 19.2 Å². The van der Waals surface area contributed by atoms with Gasteiger partial charge in [-0.2, -0.15) is 0 Å². The van der Waals surface area contributed by atoms with Crippen LogP contribution in [0.15, 0.2) is 54.7 Å². The summed E-state index contributed by atoms with van der Waals surface area (Å²) in [5, 5.41) is 7.80. The summed E-state index contributed by atoms with van der Waals surface area (Å²) in [5.74, 6) is -4.72. The SMILES string of the molecule is CC[C@H](C)[C@@H](NC(=O)C[C@H](NC(=O)c1ccccn1)c1ccccc1)C(=O)[C@@H]1C(=O)NC(=O)[C@H]1C. The average Bonchev–Trinajstić information content (AvgIpc) is 3.12. The van der Waals surface area contributed by atoms with Gasteiger partial charge in [0.15, 0.2) is 5.78 Å². The molecule has 1 aromatic heterocycles. The number of hydrogen-bond donors (Lipinski definition) is 3. The molecular formula is C26H30N4O5. The Balaban J connectivity index is 1.78. The van der Waals surface area contributed by atoms with E-state index in [-0.39, 0.29) is 18.0 Å². The van der Waals surface area contributed by atoms with Crippen LogP contribution >= 0.6 is 0 Å². The van der Waals surface area contributed by atoms with Crippen molar-refractivity contribution in [3.63, 3.8) is 0 Å². The number of nitrogens with zero attached hydrogens (tertiary/aromatic N) is 1. The zero-order valence-corrected chi connectivity index (χ0v) is 20.0. The first-order chi connectivity index (χ1) is 16.7. The molecule has 0 spiro atoms. The molecule has 0 radical (unpaired) electrons. The molecule has 3 rings (SSSR count). The predicted octanol–water partition coefficient (Wildman–Crippen LogP) is 1.95. The lowest BCUT2D eigenvalue weighted by atomic mass is 9.83. The molecule has 184 valence electrons. The molecule has 1 aliphatic rings. The molecule has 0 bridgehead atoms. The zero-order valence-electron chi connectivity index (χ0n) is 20.0. The number of benzene rings is 1. The third-order valence-corrected chi connectivity index (χ3v) is 6.38. The Morgan fingerprint density at radius 1 is 1.00 bits per heavy atom. The van der Waals surface area contributed by atoms with E-state index < -0.39 is 53.3 Å². The van der Waals surface area contributed by atoms with Crippen molar-refractivity contribution < 1.29 is 24.0 Å². The number of Topliss-reactive ketones (excluding diaryl/α,β-unsaturated/α-hetero) is 1. The fourth-order valence-corrected chi connectivity index (χ4v) is 4.07. The lowest BCUT2D eigenvalue weighted by Gasteiger charge is -2.27. The van der Waals surface area contributed by atoms with Gasteiger partial charge in [-0.3, -0.25) is 34.3 Å². The summed E-state index contributed by atoms with van der Waals surface area (Å²) >= 11 is 0. The monoisotopic (exact) mass is 478 g/mol. The fraction of sp³-hybridized carbons (Fsp3) is 0.385. The summed E-state index contributed by atoms with van der Waals surface area (Å²) in [6, 6.07) is 12.4. The minimum Gasteiger partial charge on any atom is -0.346 e. The smallest absolute Gasteiger partial charge is 0.270 e. The average molecular weight is 479 g/mol. The van der Waals surface area contributed by atoms with Gasteiger partial charge in [-0.05, 0) is 23.6 Å². The van der Waals surface area contributed by atoms with Crippen LogP contribution in [0.1, 0.15) is 55.7 Å². The van der Waals surface area contributed by atoms with Crippen molar-refractivity contribution in [1.82, 2.24) is 20.9 Å². The highest BCUT2D eigenvalue weighted by molar-refractivity contribution is 6.16. The van der Waals surface area contributed by atoms with Gasteiger partial charge in [-0.1, -0.05) is 63.6 Å². The number of pyridine rings is 1. The molecule has 0 saturated carbocycles. The van der Waals surface area contributed by atoms with Crippen LogP contribution < -0.4 is 16.0 Å². The molecule has 0 aliphatic carbocycles. The largest absolute Gasteiger partial charge is 0.346 e. The van der Waals surface area contributed by atoms with E-state index in [0.29, 0.717) is 12.0 Å². The number of ketones is 1. The van der Waals surface area contributed by atoms with E-state index in [4.69, 9.17) is 0 Å². The van der Waals surface area contributed by atoms with Gasteiger partial charge in [0.1, 0.15) is 11.6 Å². The molecule has 1 fully saturated rings. The van der Waals surface area contributed by atoms with E-state index >= 15 is 0 Å². The highest BCUT2D eigenvalue weighted by Crippen LogP contribution is 2.25. The second kappa shape index (κ2) is 11.5. The number of carbonyl (C=O) groups is 5. The van der Waals surface area contributed by atoms with Crippen molar-refractivity contribution in [3.8, 4) is 0 Å². The van der Waals surface area contributed by atoms with Crippen LogP contribution in [0.25, 0.3) is 0 Å². The van der Waals surface area contributed by atoms with E-state index in [1.807, 2.05) is 13.0 Å². The highest BCUT2D eigenvalue weighted by atomic mass is 16.2. The van der Waals surface area contributed by atoms with Gasteiger partial charge in [-0.25, -0.2) is 0 Å². The third-order valence-electron chi connectivity index (χ3n) is 6.38. The van der Waals surface area contributed by atoms with Crippen LogP contribution in [0.3, 0.4) is 0 Å². The van der Waals surface area contributed by atoms with Crippen molar-refractivity contribution in [2.45, 2.75) is 45.7 Å². The molecule has 4 amide bonds. The second-order valence-corrected chi connectivity index (χ2v) is 8.81. The Hall–Kier alpha value is -3.88.